The van der Waals surface area contributed by atoms with Gasteiger partial charge in [-0.15, -0.1) is 10.2 Å². The van der Waals surface area contributed by atoms with Crippen LogP contribution in [0.15, 0.2) is 95.9 Å². The van der Waals surface area contributed by atoms with E-state index >= 15 is 0 Å². The molecule has 1 aliphatic carbocycles. The molecule has 11 rings (SSSR count). The van der Waals surface area contributed by atoms with Crippen molar-refractivity contribution in [2.75, 3.05) is 68.0 Å². The molecule has 20 heteroatoms. The monoisotopic (exact) mass is 1060 g/mol. The van der Waals surface area contributed by atoms with Crippen LogP contribution >= 0.6 is 0 Å². The maximum Gasteiger partial charge on any atom is 0.254 e. The fourth-order valence-electron chi connectivity index (χ4n) is 12.1. The predicted octanol–water partition coefficient (Wildman–Crippen LogP) is 6.46. The zero-order chi connectivity index (χ0) is 54.0. The van der Waals surface area contributed by atoms with Crippen LogP contribution < -0.4 is 30.3 Å². The summed E-state index contributed by atoms with van der Waals surface area (Å²) in [5.41, 5.74) is 11.5. The number of aliphatic hydroxyl groups excluding tert-OH is 1. The summed E-state index contributed by atoms with van der Waals surface area (Å²) in [6, 6.07) is 21.9. The van der Waals surface area contributed by atoms with E-state index < -0.39 is 18.1 Å². The number of carbonyl (C=O) groups excluding carboxylic acids is 2. The lowest BCUT2D eigenvalue weighted by Gasteiger charge is -2.39. The van der Waals surface area contributed by atoms with Crippen LogP contribution in [0.3, 0.4) is 0 Å². The summed E-state index contributed by atoms with van der Waals surface area (Å²) in [7, 11) is 0. The minimum Gasteiger partial charge on any atom is -0.507 e. The van der Waals surface area contributed by atoms with Gasteiger partial charge in [0.2, 0.25) is 17.7 Å². The van der Waals surface area contributed by atoms with Gasteiger partial charge >= 0.3 is 0 Å². The van der Waals surface area contributed by atoms with E-state index in [0.29, 0.717) is 53.7 Å². The molecule has 20 nitrogen and oxygen atoms in total. The molecular formula is C58H72N12O8. The lowest BCUT2D eigenvalue weighted by atomic mass is 9.91. The number of para-hydroxylation sites is 1. The zero-order valence-electron chi connectivity index (χ0n) is 44.9. The van der Waals surface area contributed by atoms with Gasteiger partial charge in [-0.2, -0.15) is 0 Å². The van der Waals surface area contributed by atoms with E-state index in [2.05, 4.69) is 57.5 Å². The fourth-order valence-corrected chi connectivity index (χ4v) is 12.1. The molecule has 4 aromatic heterocycles. The number of pyridine rings is 1. The Morgan fingerprint density at radius 3 is 2.42 bits per heavy atom. The molecule has 2 aromatic carbocycles. The Labute approximate surface area is 454 Å². The lowest BCUT2D eigenvalue weighted by Crippen LogP contribution is -2.48. The Bertz CT molecular complexity index is 3030. The highest BCUT2D eigenvalue weighted by Gasteiger charge is 2.44. The number of rotatable bonds is 18. The van der Waals surface area contributed by atoms with Crippen LogP contribution in [0.25, 0.3) is 16.9 Å². The highest BCUT2D eigenvalue weighted by molar-refractivity contribution is 5.91. The van der Waals surface area contributed by atoms with Gasteiger partial charge in [-0.3, -0.25) is 14.5 Å². The van der Waals surface area contributed by atoms with E-state index in [1.807, 2.05) is 87.1 Å². The van der Waals surface area contributed by atoms with Crippen molar-refractivity contribution in [3.63, 3.8) is 0 Å². The van der Waals surface area contributed by atoms with Crippen LogP contribution in [-0.4, -0.2) is 151 Å². The number of nitrogens with one attached hydrogen (secondary N) is 1. The number of benzene rings is 2. The number of aryl methyl sites for hydroxylation is 1. The Morgan fingerprint density at radius 2 is 1.65 bits per heavy atom. The molecule has 2 bridgehead atoms. The molecule has 5 fully saturated rings. The number of nitrogen functional groups attached to an aromatic ring is 1. The van der Waals surface area contributed by atoms with E-state index in [4.69, 9.17) is 24.5 Å². The number of carbonyl (C=O) groups is 2. The van der Waals surface area contributed by atoms with Crippen molar-refractivity contribution in [2.24, 2.45) is 11.8 Å². The van der Waals surface area contributed by atoms with E-state index in [1.54, 1.807) is 24.4 Å². The summed E-state index contributed by atoms with van der Waals surface area (Å²) in [6.07, 6.45) is 10.9. The molecule has 412 valence electrons. The van der Waals surface area contributed by atoms with Gasteiger partial charge in [0.15, 0.2) is 11.6 Å². The molecule has 1 saturated carbocycles. The number of aromatic nitrogens is 6. The number of piperidine rings is 1. The second-order valence-electron chi connectivity index (χ2n) is 22.2. The number of amides is 2. The van der Waals surface area contributed by atoms with Crippen molar-refractivity contribution in [2.45, 2.75) is 121 Å². The second-order valence-corrected chi connectivity index (χ2v) is 22.2. The van der Waals surface area contributed by atoms with Crippen LogP contribution in [0.2, 0.25) is 0 Å². The smallest absolute Gasteiger partial charge is 0.254 e. The quantitative estimate of drug-likeness (QED) is 0.0723. The third kappa shape index (κ3) is 11.6. The number of imidazole rings is 1. The summed E-state index contributed by atoms with van der Waals surface area (Å²) < 4.78 is 26.8. The molecule has 8 heterocycles. The number of phenols is 1. The number of ether oxygens (including phenoxy) is 3. The molecular weight excluding hydrogens is 993 g/mol. The van der Waals surface area contributed by atoms with Crippen molar-refractivity contribution in [3.8, 4) is 34.5 Å². The Hall–Kier alpha value is -7.29. The molecule has 5 aliphatic rings. The van der Waals surface area contributed by atoms with Crippen molar-refractivity contribution >= 4 is 29.0 Å². The minimum absolute atomic E-state index is 0.0489. The van der Waals surface area contributed by atoms with Crippen molar-refractivity contribution in [3.05, 3.63) is 109 Å². The summed E-state index contributed by atoms with van der Waals surface area (Å²) in [5, 5.41) is 37.1. The number of likely N-dealkylation sites (tertiary alicyclic amines) is 2. The van der Waals surface area contributed by atoms with Crippen molar-refractivity contribution in [1.29, 1.82) is 0 Å². The molecule has 0 spiro atoms. The average molecular weight is 1070 g/mol. The zero-order valence-corrected chi connectivity index (χ0v) is 44.9. The maximum absolute atomic E-state index is 14.3. The third-order valence-electron chi connectivity index (χ3n) is 16.5. The molecule has 0 radical (unpaired) electrons. The normalized spacial score (nSPS) is 23.5. The van der Waals surface area contributed by atoms with Gasteiger partial charge in [-0.1, -0.05) is 38.1 Å². The first-order chi connectivity index (χ1) is 37.8. The molecule has 5 N–H and O–H groups in total. The number of β-amino-alcohol motifs (C(OH)–C–C–N with tert-alkyl or cyclic N) is 1. The van der Waals surface area contributed by atoms with Crippen LogP contribution in [0, 0.1) is 18.8 Å². The number of anilines is 3. The second kappa shape index (κ2) is 23.0. The Kier molecular flexibility index (Phi) is 15.5. The molecule has 78 heavy (non-hydrogen) atoms. The topological polar surface area (TPSA) is 236 Å². The number of hydrogen-bond donors (Lipinski definition) is 4. The number of nitrogens with two attached hydrogens (primary N) is 1. The molecule has 4 saturated heterocycles. The van der Waals surface area contributed by atoms with Gasteiger partial charge in [0, 0.05) is 119 Å². The van der Waals surface area contributed by atoms with Gasteiger partial charge in [0.1, 0.15) is 36.2 Å². The van der Waals surface area contributed by atoms with Gasteiger partial charge in [-0.05, 0) is 98.5 Å². The van der Waals surface area contributed by atoms with Gasteiger partial charge in [0.05, 0.1) is 35.7 Å². The average Bonchev–Trinajstić information content (AvgIpc) is 4.32. The number of phenolic OH excluding ortho intramolecular Hbond substituents is 1. The number of aliphatic hydroxyl groups is 1. The summed E-state index contributed by atoms with van der Waals surface area (Å²) in [5.74, 6) is 1.74. The summed E-state index contributed by atoms with van der Waals surface area (Å²) >= 11 is 0. The number of aromatic hydroxyl groups is 1. The fraction of sp³-hybridized carbons (Fsp3) is 0.500. The summed E-state index contributed by atoms with van der Waals surface area (Å²) in [4.78, 5) is 45.6. The van der Waals surface area contributed by atoms with E-state index in [-0.39, 0.29) is 66.8 Å². The third-order valence-corrected chi connectivity index (χ3v) is 16.5. The van der Waals surface area contributed by atoms with Crippen LogP contribution in [0.5, 0.6) is 17.5 Å². The first-order valence-electron chi connectivity index (χ1n) is 27.7. The molecule has 2 unspecified atom stereocenters. The van der Waals surface area contributed by atoms with Crippen LogP contribution in [-0.2, 0) is 14.3 Å². The Morgan fingerprint density at radius 1 is 0.846 bits per heavy atom. The number of nitrogens with zero attached hydrogens (tertiary/aromatic N) is 10. The van der Waals surface area contributed by atoms with Gasteiger partial charge in [-0.25, -0.2) is 9.97 Å². The highest BCUT2D eigenvalue weighted by atomic mass is 16.5. The van der Waals surface area contributed by atoms with E-state index in [9.17, 15) is 19.8 Å². The Balaban J connectivity index is 0.604. The maximum atomic E-state index is 14.3. The molecule has 6 aromatic rings. The van der Waals surface area contributed by atoms with Crippen LogP contribution in [0.4, 0.5) is 17.2 Å². The lowest BCUT2D eigenvalue weighted by molar-refractivity contribution is -0.141. The SMILES string of the molecule is Cc1nccn1-c1ccc([C@H](C)NC(=O)[C@@H]2C[C@@H](O)CN2C(=O)[C@@H](c2cc(OCCN3CCC(O[C@H]4C[C@H](Oc5cc(N6CC7CCN(c8cc(-c9ccccc9O)nnc8N)CC6C7)ccn5)C4)CC3)no2)C(C)C)cc1. The van der Waals surface area contributed by atoms with Crippen molar-refractivity contribution in [1.82, 2.24) is 45.0 Å². The number of hydrogen-bond acceptors (Lipinski definition) is 17. The van der Waals surface area contributed by atoms with E-state index in [1.165, 1.54) is 4.90 Å². The standard InChI is InChI=1S/C58H72N12O8/c1-35(2)55(58(74)70-34-43(71)27-50(70)57(73)62-36(3)39-9-11-40(12-10-39)68-22-18-60-37(68)4)52-31-54(65-78-52)75-24-23-66-19-15-44(16-20-66)76-45-28-46(29-45)77-53-26-41(13-17-61-53)69-32-38-14-21-67(33-42(69)25-38)49-30-48(63-64-56(49)59)47-7-5-6-8-51(47)72/h5-13,17-18,22,26,30-31,35-36,38,42-46,50,55,71-72H,14-16,19-21,23-25,27-29,32-34H2,1-4H3,(H2,59,64)(H,62,73)/t36-,38?,42?,43+,45-,46-,50-,55+/m0/s1. The molecule has 2 amide bonds. The highest BCUT2D eigenvalue weighted by Crippen LogP contribution is 2.40. The largest absolute Gasteiger partial charge is 0.507 e. The first-order valence-corrected chi connectivity index (χ1v) is 27.7. The van der Waals surface area contributed by atoms with Crippen molar-refractivity contribution < 1.29 is 38.5 Å². The van der Waals surface area contributed by atoms with E-state index in [0.717, 1.165) is 99.7 Å². The minimum atomic E-state index is -0.836. The molecule has 6 atom stereocenters. The van der Waals surface area contributed by atoms with Gasteiger partial charge < -0.3 is 59.3 Å². The first kappa shape index (κ1) is 52.7. The summed E-state index contributed by atoms with van der Waals surface area (Å²) in [6.45, 7) is 13.3. The number of fused-ring (bicyclic) bond motifs is 2. The predicted molar refractivity (Wildman–Crippen MR) is 292 cm³/mol. The van der Waals surface area contributed by atoms with Gasteiger partial charge in [0.25, 0.3) is 5.88 Å². The van der Waals surface area contributed by atoms with Crippen LogP contribution in [0.1, 0.15) is 94.8 Å². The molecule has 4 aliphatic heterocycles.